The summed E-state index contributed by atoms with van der Waals surface area (Å²) in [7, 11) is -3.99. The largest absolute Gasteiger partial charge is 0.383 e. The number of sulfonamides is 1. The number of nitrogens with one attached hydrogen (secondary N) is 1. The molecular weight excluding hydrogens is 456 g/mol. The number of hydrogen-bond donors (Lipinski definition) is 2. The molecule has 4 aromatic rings. The average Bonchev–Trinajstić information content (AvgIpc) is 3.48. The van der Waals surface area contributed by atoms with Gasteiger partial charge in [-0.1, -0.05) is 37.1 Å². The molecular formula is C23H22N6O4S. The maximum Gasteiger partial charge on any atom is 0.293 e. The fourth-order valence-electron chi connectivity index (χ4n) is 4.53. The van der Waals surface area contributed by atoms with Gasteiger partial charge in [0.25, 0.3) is 15.7 Å². The quantitative estimate of drug-likeness (QED) is 0.306. The number of aromatic nitrogens is 3. The van der Waals surface area contributed by atoms with E-state index >= 15 is 0 Å². The van der Waals surface area contributed by atoms with Crippen LogP contribution in [0, 0.1) is 10.1 Å². The predicted molar refractivity (Wildman–Crippen MR) is 129 cm³/mol. The van der Waals surface area contributed by atoms with E-state index in [-0.39, 0.29) is 28.1 Å². The van der Waals surface area contributed by atoms with Crippen molar-refractivity contribution in [3.63, 3.8) is 0 Å². The molecule has 1 aliphatic carbocycles. The van der Waals surface area contributed by atoms with Crippen LogP contribution in [0.25, 0.3) is 22.2 Å². The Morgan fingerprint density at radius 1 is 1.09 bits per heavy atom. The van der Waals surface area contributed by atoms with E-state index in [1.54, 1.807) is 24.3 Å². The number of nitrogen functional groups attached to an aromatic ring is 1. The molecule has 10 nitrogen and oxygen atoms in total. The van der Waals surface area contributed by atoms with Crippen molar-refractivity contribution in [1.29, 1.82) is 0 Å². The van der Waals surface area contributed by atoms with Gasteiger partial charge in [-0.25, -0.2) is 18.4 Å². The van der Waals surface area contributed by atoms with Crippen molar-refractivity contribution in [2.24, 2.45) is 0 Å². The highest BCUT2D eigenvalue weighted by atomic mass is 32.2. The summed E-state index contributed by atoms with van der Waals surface area (Å²) in [6.45, 7) is 0. The Labute approximate surface area is 195 Å². The summed E-state index contributed by atoms with van der Waals surface area (Å²) < 4.78 is 29.9. The van der Waals surface area contributed by atoms with Crippen molar-refractivity contribution < 1.29 is 13.3 Å². The third-order valence-electron chi connectivity index (χ3n) is 6.16. The van der Waals surface area contributed by atoms with Gasteiger partial charge in [0.1, 0.15) is 23.5 Å². The number of rotatable bonds is 6. The summed E-state index contributed by atoms with van der Waals surface area (Å²) in [5, 5.41) is 12.5. The highest BCUT2D eigenvalue weighted by Gasteiger charge is 2.26. The monoisotopic (exact) mass is 478 g/mol. The molecule has 0 aliphatic heterocycles. The molecule has 2 heterocycles. The van der Waals surface area contributed by atoms with E-state index < -0.39 is 14.9 Å². The fraction of sp³-hybridized carbons (Fsp3) is 0.217. The highest BCUT2D eigenvalue weighted by Crippen LogP contribution is 2.40. The summed E-state index contributed by atoms with van der Waals surface area (Å²) in [5.41, 5.74) is 7.58. The molecule has 0 unspecified atom stereocenters. The second-order valence-corrected chi connectivity index (χ2v) is 9.94. The number of nitro groups is 1. The molecule has 1 aliphatic rings. The van der Waals surface area contributed by atoms with Gasteiger partial charge in [-0.3, -0.25) is 14.8 Å². The van der Waals surface area contributed by atoms with Crippen molar-refractivity contribution >= 4 is 38.2 Å². The van der Waals surface area contributed by atoms with Gasteiger partial charge in [0.15, 0.2) is 0 Å². The maximum absolute atomic E-state index is 12.7. The number of nitrogens with two attached hydrogens (primary N) is 1. The lowest BCUT2D eigenvalue weighted by Gasteiger charge is -2.12. The number of nitrogens with zero attached hydrogens (tertiary/aromatic N) is 4. The van der Waals surface area contributed by atoms with Gasteiger partial charge < -0.3 is 10.3 Å². The topological polar surface area (TPSA) is 146 Å². The zero-order valence-electron chi connectivity index (χ0n) is 18.1. The zero-order valence-corrected chi connectivity index (χ0v) is 18.9. The van der Waals surface area contributed by atoms with E-state index in [0.717, 1.165) is 25.7 Å². The van der Waals surface area contributed by atoms with Crippen molar-refractivity contribution in [3.8, 4) is 11.1 Å². The van der Waals surface area contributed by atoms with Crippen LogP contribution in [0.4, 0.5) is 17.2 Å². The standard InChI is InChI=1S/C23H22N6O4S/c24-22-21-18(13-28(16-6-4-5-7-16)23(21)26-14-25-22)15-10-11-19(20(12-15)29(30)31)27-34(32,33)17-8-2-1-3-9-17/h1-3,8-14,16,27H,4-7H2,(H2,24,25,26). The molecule has 3 N–H and O–H groups in total. The number of fused-ring (bicyclic) bond motifs is 1. The fourth-order valence-corrected chi connectivity index (χ4v) is 5.62. The van der Waals surface area contributed by atoms with E-state index in [2.05, 4.69) is 19.3 Å². The Morgan fingerprint density at radius 2 is 1.82 bits per heavy atom. The van der Waals surface area contributed by atoms with Crippen LogP contribution in [0.2, 0.25) is 0 Å². The van der Waals surface area contributed by atoms with Crippen molar-refractivity contribution in [1.82, 2.24) is 14.5 Å². The van der Waals surface area contributed by atoms with Crippen molar-refractivity contribution in [2.45, 2.75) is 36.6 Å². The Kier molecular flexibility index (Phi) is 5.40. The van der Waals surface area contributed by atoms with Crippen LogP contribution in [0.1, 0.15) is 31.7 Å². The molecule has 174 valence electrons. The second kappa shape index (κ2) is 8.41. The lowest BCUT2D eigenvalue weighted by atomic mass is 10.0. The Bertz CT molecular complexity index is 1490. The Balaban J connectivity index is 1.61. The van der Waals surface area contributed by atoms with E-state index in [9.17, 15) is 18.5 Å². The summed E-state index contributed by atoms with van der Waals surface area (Å²) in [5.74, 6) is 0.285. The van der Waals surface area contributed by atoms with E-state index in [4.69, 9.17) is 5.73 Å². The second-order valence-electron chi connectivity index (χ2n) is 8.25. The van der Waals surface area contributed by atoms with E-state index in [1.165, 1.54) is 30.6 Å². The van der Waals surface area contributed by atoms with Crippen LogP contribution < -0.4 is 10.5 Å². The lowest BCUT2D eigenvalue weighted by molar-refractivity contribution is -0.383. The summed E-state index contributed by atoms with van der Waals surface area (Å²) in [6.07, 6.45) is 7.63. The molecule has 34 heavy (non-hydrogen) atoms. The Morgan fingerprint density at radius 3 is 2.53 bits per heavy atom. The van der Waals surface area contributed by atoms with Crippen LogP contribution in [0.5, 0.6) is 0 Å². The van der Waals surface area contributed by atoms with Gasteiger partial charge in [0, 0.05) is 23.9 Å². The van der Waals surface area contributed by atoms with Crippen LogP contribution in [-0.4, -0.2) is 27.9 Å². The maximum atomic E-state index is 12.7. The molecule has 0 spiro atoms. The van der Waals surface area contributed by atoms with Gasteiger partial charge in [0.05, 0.1) is 15.2 Å². The molecule has 1 fully saturated rings. The van der Waals surface area contributed by atoms with Crippen LogP contribution >= 0.6 is 0 Å². The van der Waals surface area contributed by atoms with Crippen LogP contribution in [0.15, 0.2) is 66.0 Å². The van der Waals surface area contributed by atoms with Crippen molar-refractivity contribution in [2.75, 3.05) is 10.5 Å². The van der Waals surface area contributed by atoms with Gasteiger partial charge in [0.2, 0.25) is 0 Å². The van der Waals surface area contributed by atoms with Gasteiger partial charge in [-0.15, -0.1) is 0 Å². The summed E-state index contributed by atoms with van der Waals surface area (Å²) in [6, 6.07) is 12.3. The van der Waals surface area contributed by atoms with E-state index in [0.29, 0.717) is 22.2 Å². The minimum atomic E-state index is -3.99. The Hall–Kier alpha value is -3.99. The molecule has 0 bridgehead atoms. The first-order valence-corrected chi connectivity index (χ1v) is 12.3. The minimum absolute atomic E-state index is 0.0120. The normalized spacial score (nSPS) is 14.5. The molecule has 2 aromatic carbocycles. The average molecular weight is 479 g/mol. The van der Waals surface area contributed by atoms with Crippen molar-refractivity contribution in [3.05, 3.63) is 71.2 Å². The third-order valence-corrected chi connectivity index (χ3v) is 7.54. The molecule has 0 saturated heterocycles. The molecule has 5 rings (SSSR count). The molecule has 0 atom stereocenters. The summed E-state index contributed by atoms with van der Waals surface area (Å²) >= 11 is 0. The first-order valence-electron chi connectivity index (χ1n) is 10.8. The van der Waals surface area contributed by atoms with Crippen LogP contribution in [0.3, 0.4) is 0 Å². The minimum Gasteiger partial charge on any atom is -0.383 e. The molecule has 1 saturated carbocycles. The molecule has 0 amide bonds. The molecule has 11 heteroatoms. The molecule has 0 radical (unpaired) electrons. The van der Waals surface area contributed by atoms with Gasteiger partial charge in [-0.05, 0) is 36.6 Å². The lowest BCUT2D eigenvalue weighted by Crippen LogP contribution is -2.14. The first kappa shape index (κ1) is 21.8. The van der Waals surface area contributed by atoms with Gasteiger partial charge >= 0.3 is 0 Å². The number of anilines is 2. The van der Waals surface area contributed by atoms with E-state index in [1.807, 2.05) is 6.20 Å². The number of nitro benzene ring substituents is 1. The zero-order chi connectivity index (χ0) is 23.9. The predicted octanol–water partition coefficient (Wildman–Crippen LogP) is 4.50. The third kappa shape index (κ3) is 3.83. The summed E-state index contributed by atoms with van der Waals surface area (Å²) in [4.78, 5) is 19.8. The molecule has 2 aromatic heterocycles. The highest BCUT2D eigenvalue weighted by molar-refractivity contribution is 7.92. The van der Waals surface area contributed by atoms with Gasteiger partial charge in [-0.2, -0.15) is 0 Å². The SMILES string of the molecule is Nc1ncnc2c1c(-c1ccc(NS(=O)(=O)c3ccccc3)c([N+](=O)[O-])c1)cn2C1CCCC1. The number of hydrogen-bond acceptors (Lipinski definition) is 7. The van der Waals surface area contributed by atoms with Crippen LogP contribution in [-0.2, 0) is 10.0 Å². The smallest absolute Gasteiger partial charge is 0.293 e. The first-order chi connectivity index (χ1) is 16.3. The number of benzene rings is 2.